The van der Waals surface area contributed by atoms with Gasteiger partial charge in [-0.05, 0) is 43.0 Å². The highest BCUT2D eigenvalue weighted by molar-refractivity contribution is 6.42. The van der Waals surface area contributed by atoms with Gasteiger partial charge in [-0.2, -0.15) is 0 Å². The lowest BCUT2D eigenvalue weighted by atomic mass is 10.0. The molecule has 0 aromatic heterocycles. The molecule has 19 heavy (non-hydrogen) atoms. The second-order valence-electron chi connectivity index (χ2n) is 4.80. The van der Waals surface area contributed by atoms with Crippen LogP contribution in [0, 0.1) is 6.92 Å². The number of rotatable bonds is 4. The maximum Gasteiger partial charge on any atom is 0.0620 e. The SMILES string of the molecule is Cc1cccc(CC(O)Cc2ccc(Cl)c(Cl)c2)c1. The highest BCUT2D eigenvalue weighted by Gasteiger charge is 2.08. The van der Waals surface area contributed by atoms with E-state index in [9.17, 15) is 5.11 Å². The maximum absolute atomic E-state index is 10.1. The third kappa shape index (κ3) is 4.24. The summed E-state index contributed by atoms with van der Waals surface area (Å²) in [5.74, 6) is 0. The van der Waals surface area contributed by atoms with Gasteiger partial charge in [-0.15, -0.1) is 0 Å². The van der Waals surface area contributed by atoms with Gasteiger partial charge in [-0.25, -0.2) is 0 Å². The van der Waals surface area contributed by atoms with E-state index in [0.717, 1.165) is 11.1 Å². The highest BCUT2D eigenvalue weighted by Crippen LogP contribution is 2.23. The molecule has 0 saturated heterocycles. The summed E-state index contributed by atoms with van der Waals surface area (Å²) in [5.41, 5.74) is 3.35. The van der Waals surface area contributed by atoms with Gasteiger partial charge in [0.25, 0.3) is 0 Å². The summed E-state index contributed by atoms with van der Waals surface area (Å²) in [6, 6.07) is 13.7. The molecule has 1 N–H and O–H groups in total. The topological polar surface area (TPSA) is 20.2 Å². The molecule has 0 spiro atoms. The lowest BCUT2D eigenvalue weighted by Gasteiger charge is -2.12. The van der Waals surface area contributed by atoms with Gasteiger partial charge in [0.05, 0.1) is 16.1 Å². The molecule has 1 nitrogen and oxygen atoms in total. The molecule has 0 radical (unpaired) electrons. The summed E-state index contributed by atoms with van der Waals surface area (Å²) in [6.45, 7) is 2.05. The Hall–Kier alpha value is -1.02. The number of hydrogen-bond donors (Lipinski definition) is 1. The first-order valence-electron chi connectivity index (χ1n) is 6.22. The Morgan fingerprint density at radius 2 is 1.63 bits per heavy atom. The number of aliphatic hydroxyl groups is 1. The Morgan fingerprint density at radius 3 is 2.26 bits per heavy atom. The second kappa shape index (κ2) is 6.42. The van der Waals surface area contributed by atoms with Crippen molar-refractivity contribution in [3.8, 4) is 0 Å². The lowest BCUT2D eigenvalue weighted by molar-refractivity contribution is 0.175. The van der Waals surface area contributed by atoms with Crippen LogP contribution >= 0.6 is 23.2 Å². The maximum atomic E-state index is 10.1. The van der Waals surface area contributed by atoms with E-state index in [0.29, 0.717) is 22.9 Å². The van der Waals surface area contributed by atoms with Crippen LogP contribution in [0.25, 0.3) is 0 Å². The van der Waals surface area contributed by atoms with Crippen molar-refractivity contribution in [1.82, 2.24) is 0 Å². The molecule has 1 unspecified atom stereocenters. The van der Waals surface area contributed by atoms with E-state index in [4.69, 9.17) is 23.2 Å². The Balaban J connectivity index is 2.01. The first kappa shape index (κ1) is 14.4. The average Bonchev–Trinajstić information content (AvgIpc) is 2.34. The predicted molar refractivity (Wildman–Crippen MR) is 81.1 cm³/mol. The minimum atomic E-state index is -0.418. The van der Waals surface area contributed by atoms with E-state index < -0.39 is 6.10 Å². The normalized spacial score (nSPS) is 12.4. The van der Waals surface area contributed by atoms with E-state index >= 15 is 0 Å². The standard InChI is InChI=1S/C16H16Cl2O/c1-11-3-2-4-12(7-11)8-14(19)9-13-5-6-15(17)16(18)10-13/h2-7,10,14,19H,8-9H2,1H3. The van der Waals surface area contributed by atoms with E-state index in [1.807, 2.05) is 24.3 Å². The number of aryl methyl sites for hydroxylation is 1. The van der Waals surface area contributed by atoms with Crippen LogP contribution in [-0.2, 0) is 12.8 Å². The van der Waals surface area contributed by atoms with Crippen LogP contribution in [0.4, 0.5) is 0 Å². The number of hydrogen-bond acceptors (Lipinski definition) is 1. The summed E-state index contributed by atoms with van der Waals surface area (Å²) < 4.78 is 0. The predicted octanol–water partition coefficient (Wildman–Crippen LogP) is 4.45. The molecule has 0 aliphatic carbocycles. The zero-order chi connectivity index (χ0) is 13.8. The van der Waals surface area contributed by atoms with E-state index in [-0.39, 0.29) is 0 Å². The Kier molecular flexibility index (Phi) is 4.87. The van der Waals surface area contributed by atoms with Crippen molar-refractivity contribution in [2.24, 2.45) is 0 Å². The van der Waals surface area contributed by atoms with E-state index in [1.165, 1.54) is 5.56 Å². The second-order valence-corrected chi connectivity index (χ2v) is 5.61. The molecule has 0 fully saturated rings. The summed E-state index contributed by atoms with van der Waals surface area (Å²) in [4.78, 5) is 0. The molecular weight excluding hydrogens is 279 g/mol. The monoisotopic (exact) mass is 294 g/mol. The molecule has 0 aliphatic rings. The van der Waals surface area contributed by atoms with E-state index in [2.05, 4.69) is 19.1 Å². The van der Waals surface area contributed by atoms with Crippen molar-refractivity contribution >= 4 is 23.2 Å². The van der Waals surface area contributed by atoms with Crippen molar-refractivity contribution in [2.45, 2.75) is 25.9 Å². The van der Waals surface area contributed by atoms with Gasteiger partial charge < -0.3 is 5.11 Å². The molecular formula is C16H16Cl2O. The molecule has 0 bridgehead atoms. The quantitative estimate of drug-likeness (QED) is 0.883. The minimum absolute atomic E-state index is 0.418. The van der Waals surface area contributed by atoms with Crippen molar-refractivity contribution in [3.05, 3.63) is 69.2 Å². The first-order valence-corrected chi connectivity index (χ1v) is 6.98. The number of aliphatic hydroxyl groups excluding tert-OH is 1. The summed E-state index contributed by atoms with van der Waals surface area (Å²) in [6.07, 6.45) is 0.797. The van der Waals surface area contributed by atoms with E-state index in [1.54, 1.807) is 6.07 Å². The third-order valence-electron chi connectivity index (χ3n) is 3.01. The van der Waals surface area contributed by atoms with Crippen LogP contribution in [0.1, 0.15) is 16.7 Å². The zero-order valence-corrected chi connectivity index (χ0v) is 12.2. The molecule has 100 valence electrons. The molecule has 0 heterocycles. The van der Waals surface area contributed by atoms with Crippen molar-refractivity contribution in [2.75, 3.05) is 0 Å². The molecule has 1 atom stereocenters. The molecule has 0 amide bonds. The van der Waals surface area contributed by atoms with Crippen molar-refractivity contribution < 1.29 is 5.11 Å². The molecule has 2 aromatic rings. The molecule has 2 rings (SSSR count). The Morgan fingerprint density at radius 1 is 0.947 bits per heavy atom. The fraction of sp³-hybridized carbons (Fsp3) is 0.250. The van der Waals surface area contributed by atoms with Gasteiger partial charge >= 0.3 is 0 Å². The lowest BCUT2D eigenvalue weighted by Crippen LogP contribution is -2.14. The smallest absolute Gasteiger partial charge is 0.0620 e. The average molecular weight is 295 g/mol. The van der Waals surface area contributed by atoms with Crippen molar-refractivity contribution in [3.63, 3.8) is 0 Å². The first-order chi connectivity index (χ1) is 9.04. The van der Waals surface area contributed by atoms with Crippen LogP contribution in [0.2, 0.25) is 10.0 Å². The van der Waals surface area contributed by atoms with Gasteiger partial charge in [0, 0.05) is 0 Å². The van der Waals surface area contributed by atoms with Gasteiger partial charge in [0.2, 0.25) is 0 Å². The summed E-state index contributed by atoms with van der Waals surface area (Å²) >= 11 is 11.8. The van der Waals surface area contributed by atoms with Crippen LogP contribution < -0.4 is 0 Å². The van der Waals surface area contributed by atoms with Gasteiger partial charge in [-0.1, -0.05) is 59.1 Å². The Labute approximate surface area is 123 Å². The molecule has 3 heteroatoms. The van der Waals surface area contributed by atoms with Crippen molar-refractivity contribution in [1.29, 1.82) is 0 Å². The largest absolute Gasteiger partial charge is 0.392 e. The van der Waals surface area contributed by atoms with Gasteiger partial charge in [-0.3, -0.25) is 0 Å². The molecule has 2 aromatic carbocycles. The minimum Gasteiger partial charge on any atom is -0.392 e. The van der Waals surface area contributed by atoms with Crippen LogP contribution in [0.5, 0.6) is 0 Å². The number of benzene rings is 2. The zero-order valence-electron chi connectivity index (χ0n) is 10.7. The van der Waals surface area contributed by atoms with Crippen LogP contribution in [0.15, 0.2) is 42.5 Å². The van der Waals surface area contributed by atoms with Gasteiger partial charge in [0.15, 0.2) is 0 Å². The summed E-state index contributed by atoms with van der Waals surface area (Å²) in [7, 11) is 0. The van der Waals surface area contributed by atoms with Gasteiger partial charge in [0.1, 0.15) is 0 Å². The number of halogens is 2. The fourth-order valence-electron chi connectivity index (χ4n) is 2.12. The third-order valence-corrected chi connectivity index (χ3v) is 3.75. The van der Waals surface area contributed by atoms with Crippen LogP contribution in [0.3, 0.4) is 0 Å². The Bertz CT molecular complexity index is 566. The highest BCUT2D eigenvalue weighted by atomic mass is 35.5. The molecule has 0 saturated carbocycles. The fourth-order valence-corrected chi connectivity index (χ4v) is 2.44. The summed E-state index contributed by atoms with van der Waals surface area (Å²) in [5, 5.41) is 11.2. The molecule has 0 aliphatic heterocycles. The van der Waals surface area contributed by atoms with Crippen LogP contribution in [-0.4, -0.2) is 11.2 Å².